The lowest BCUT2D eigenvalue weighted by Crippen LogP contribution is -2.47. The summed E-state index contributed by atoms with van der Waals surface area (Å²) in [6.45, 7) is 3.88. The molecule has 0 fully saturated rings. The van der Waals surface area contributed by atoms with Crippen molar-refractivity contribution < 1.29 is 57.8 Å². The number of aliphatic hydroxyl groups excluding tert-OH is 1. The molecule has 4 rings (SSSR count). The maximum atomic E-state index is 13.5. The first kappa shape index (κ1) is 35.5. The average Bonchev–Trinajstić information content (AvgIpc) is 3.55. The Morgan fingerprint density at radius 1 is 0.958 bits per heavy atom. The molecule has 0 radical (unpaired) electrons. The van der Waals surface area contributed by atoms with Gasteiger partial charge in [-0.2, -0.15) is 0 Å². The van der Waals surface area contributed by atoms with Gasteiger partial charge in [-0.3, -0.25) is 14.4 Å². The predicted octanol–water partition coefficient (Wildman–Crippen LogP) is 2.93. The molecular formula is C34H38N2O12. The molecule has 256 valence electrons. The number of aliphatic hydroxyl groups is 1. The van der Waals surface area contributed by atoms with Gasteiger partial charge in [-0.25, -0.2) is 9.78 Å². The highest BCUT2D eigenvalue weighted by atomic mass is 16.7. The van der Waals surface area contributed by atoms with E-state index in [0.29, 0.717) is 22.6 Å². The summed E-state index contributed by atoms with van der Waals surface area (Å²) >= 11 is 0. The van der Waals surface area contributed by atoms with Gasteiger partial charge in [0.1, 0.15) is 25.2 Å². The van der Waals surface area contributed by atoms with E-state index in [2.05, 4.69) is 10.3 Å². The summed E-state index contributed by atoms with van der Waals surface area (Å²) in [5, 5.41) is 22.7. The van der Waals surface area contributed by atoms with Crippen molar-refractivity contribution in [2.24, 2.45) is 11.8 Å². The number of aromatic nitrogens is 1. The molecule has 0 aliphatic carbocycles. The maximum absolute atomic E-state index is 13.5. The first-order chi connectivity index (χ1) is 23.0. The van der Waals surface area contributed by atoms with Crippen LogP contribution in [-0.2, 0) is 36.9 Å². The third-order valence-electron chi connectivity index (χ3n) is 7.32. The van der Waals surface area contributed by atoms with Crippen LogP contribution < -0.4 is 24.3 Å². The highest BCUT2D eigenvalue weighted by molar-refractivity contribution is 5.98. The minimum atomic E-state index is -1.71. The van der Waals surface area contributed by atoms with Crippen molar-refractivity contribution in [1.82, 2.24) is 10.3 Å². The van der Waals surface area contributed by atoms with E-state index < -0.39 is 60.5 Å². The van der Waals surface area contributed by atoms with Crippen LogP contribution in [0.1, 0.15) is 42.4 Å². The van der Waals surface area contributed by atoms with Crippen molar-refractivity contribution in [3.8, 4) is 23.0 Å². The number of carbonyl (C=O) groups is 4. The van der Waals surface area contributed by atoms with E-state index in [9.17, 15) is 29.4 Å². The van der Waals surface area contributed by atoms with Gasteiger partial charge >= 0.3 is 17.9 Å². The molecule has 1 aromatic heterocycles. The smallest absolute Gasteiger partial charge is 0.329 e. The molecule has 14 nitrogen and oxygen atoms in total. The molecule has 2 aromatic carbocycles. The number of esters is 2. The predicted molar refractivity (Wildman–Crippen MR) is 168 cm³/mol. The van der Waals surface area contributed by atoms with E-state index in [0.717, 1.165) is 0 Å². The molecule has 0 bridgehead atoms. The van der Waals surface area contributed by atoms with Crippen LogP contribution >= 0.6 is 0 Å². The van der Waals surface area contributed by atoms with Crippen molar-refractivity contribution in [1.29, 1.82) is 0 Å². The summed E-state index contributed by atoms with van der Waals surface area (Å²) in [4.78, 5) is 55.6. The SMILES string of the molecule is COc1ccnc(C(=O)NC(COC(=O)C(Cc2ccccc2)C(OC(=O)C(C)C)C(C)O)C(=O)O)c1OCc1ccc2c(c1)OCO2. The van der Waals surface area contributed by atoms with Gasteiger partial charge < -0.3 is 44.0 Å². The fraction of sp³-hybridized carbons (Fsp3) is 0.382. The number of amides is 1. The lowest BCUT2D eigenvalue weighted by molar-refractivity contribution is -0.172. The van der Waals surface area contributed by atoms with Gasteiger partial charge in [0.25, 0.3) is 5.91 Å². The van der Waals surface area contributed by atoms with Crippen LogP contribution in [0.3, 0.4) is 0 Å². The van der Waals surface area contributed by atoms with Crippen LogP contribution in [0.15, 0.2) is 60.8 Å². The zero-order valence-corrected chi connectivity index (χ0v) is 26.9. The Morgan fingerprint density at radius 2 is 1.69 bits per heavy atom. The minimum absolute atomic E-state index is 0.0164. The lowest BCUT2D eigenvalue weighted by Gasteiger charge is -2.29. The Balaban J connectivity index is 1.49. The van der Waals surface area contributed by atoms with Gasteiger partial charge in [-0.05, 0) is 36.6 Å². The monoisotopic (exact) mass is 666 g/mol. The Bertz CT molecular complexity index is 1590. The zero-order chi connectivity index (χ0) is 34.8. The molecule has 1 aliphatic rings. The van der Waals surface area contributed by atoms with Gasteiger partial charge in [0, 0.05) is 12.3 Å². The Morgan fingerprint density at radius 3 is 2.35 bits per heavy atom. The second-order valence-electron chi connectivity index (χ2n) is 11.3. The minimum Gasteiger partial charge on any atom is -0.493 e. The van der Waals surface area contributed by atoms with Crippen molar-refractivity contribution in [2.75, 3.05) is 20.5 Å². The number of nitrogens with zero attached hydrogens (tertiary/aromatic N) is 1. The summed E-state index contributed by atoms with van der Waals surface area (Å²) in [6.07, 6.45) is -1.25. The number of aliphatic carboxylic acids is 1. The number of pyridine rings is 1. The molecule has 0 saturated heterocycles. The highest BCUT2D eigenvalue weighted by Crippen LogP contribution is 2.34. The number of hydrogen-bond donors (Lipinski definition) is 3. The van der Waals surface area contributed by atoms with Crippen molar-refractivity contribution >= 4 is 23.8 Å². The largest absolute Gasteiger partial charge is 0.493 e. The summed E-state index contributed by atoms with van der Waals surface area (Å²) in [5.41, 5.74) is 1.10. The van der Waals surface area contributed by atoms with E-state index in [1.54, 1.807) is 62.4 Å². The van der Waals surface area contributed by atoms with Crippen LogP contribution in [-0.4, -0.2) is 77.8 Å². The Labute approximate surface area is 276 Å². The van der Waals surface area contributed by atoms with E-state index in [4.69, 9.17) is 28.4 Å². The maximum Gasteiger partial charge on any atom is 0.329 e. The number of carbonyl (C=O) groups excluding carboxylic acids is 3. The van der Waals surface area contributed by atoms with Gasteiger partial charge in [-0.15, -0.1) is 0 Å². The zero-order valence-electron chi connectivity index (χ0n) is 26.9. The van der Waals surface area contributed by atoms with E-state index in [-0.39, 0.29) is 37.0 Å². The van der Waals surface area contributed by atoms with Crippen LogP contribution in [0, 0.1) is 11.8 Å². The average molecular weight is 667 g/mol. The number of nitrogens with one attached hydrogen (secondary N) is 1. The summed E-state index contributed by atoms with van der Waals surface area (Å²) in [6, 6.07) is 13.7. The standard InChI is InChI=1S/C34H38N2O12/c1-19(2)33(41)48-29(20(3)37)23(14-21-8-6-5-7-9-21)34(42)45-17-24(32(39)40)36-31(38)28-30(26(43-4)12-13-35-28)44-16-22-10-11-25-27(15-22)47-18-46-25/h5-13,15,19-20,23-24,29,37H,14,16-18H2,1-4H3,(H,36,38)(H,39,40). The van der Waals surface area contributed by atoms with Gasteiger partial charge in [0.2, 0.25) is 6.79 Å². The first-order valence-electron chi connectivity index (χ1n) is 15.2. The molecule has 0 spiro atoms. The molecule has 1 aliphatic heterocycles. The normalized spacial score (nSPS) is 14.3. The second kappa shape index (κ2) is 16.5. The number of carboxylic acids is 1. The number of benzene rings is 2. The molecule has 4 unspecified atom stereocenters. The fourth-order valence-electron chi connectivity index (χ4n) is 4.74. The molecule has 3 N–H and O–H groups in total. The number of methoxy groups -OCH3 is 1. The summed E-state index contributed by atoms with van der Waals surface area (Å²) in [7, 11) is 1.37. The Hall–Kier alpha value is -5.37. The topological polar surface area (TPSA) is 189 Å². The molecule has 48 heavy (non-hydrogen) atoms. The third kappa shape index (κ3) is 9.12. The Kier molecular flexibility index (Phi) is 12.2. The molecule has 2 heterocycles. The number of hydrogen-bond acceptors (Lipinski definition) is 12. The van der Waals surface area contributed by atoms with E-state index in [1.807, 2.05) is 0 Å². The number of ether oxygens (including phenoxy) is 6. The molecule has 14 heteroatoms. The highest BCUT2D eigenvalue weighted by Gasteiger charge is 2.38. The molecule has 4 atom stereocenters. The number of fused-ring (bicyclic) bond motifs is 1. The lowest BCUT2D eigenvalue weighted by atomic mass is 9.91. The van der Waals surface area contributed by atoms with Crippen LogP contribution in [0.25, 0.3) is 0 Å². The van der Waals surface area contributed by atoms with Gasteiger partial charge in [-0.1, -0.05) is 50.2 Å². The molecule has 0 saturated carbocycles. The second-order valence-corrected chi connectivity index (χ2v) is 11.3. The van der Waals surface area contributed by atoms with E-state index >= 15 is 0 Å². The van der Waals surface area contributed by atoms with Crippen LogP contribution in [0.5, 0.6) is 23.0 Å². The first-order valence-corrected chi connectivity index (χ1v) is 15.2. The van der Waals surface area contributed by atoms with Crippen molar-refractivity contribution in [3.05, 3.63) is 77.6 Å². The number of rotatable bonds is 16. The van der Waals surface area contributed by atoms with Crippen LogP contribution in [0.4, 0.5) is 0 Å². The van der Waals surface area contributed by atoms with Crippen molar-refractivity contribution in [2.45, 2.75) is 52.0 Å². The quantitative estimate of drug-likeness (QED) is 0.190. The number of carboxylic acid groups (broad SMARTS) is 1. The fourth-order valence-corrected chi connectivity index (χ4v) is 4.74. The van der Waals surface area contributed by atoms with Gasteiger partial charge in [0.05, 0.1) is 19.1 Å². The summed E-state index contributed by atoms with van der Waals surface area (Å²) < 4.78 is 32.9. The molecular weight excluding hydrogens is 628 g/mol. The molecule has 1 amide bonds. The summed E-state index contributed by atoms with van der Waals surface area (Å²) in [5.74, 6) is -4.51. The van der Waals surface area contributed by atoms with E-state index in [1.165, 1.54) is 26.3 Å². The van der Waals surface area contributed by atoms with Gasteiger partial charge in [0.15, 0.2) is 34.7 Å². The van der Waals surface area contributed by atoms with Crippen molar-refractivity contribution in [3.63, 3.8) is 0 Å². The van der Waals surface area contributed by atoms with Crippen LogP contribution in [0.2, 0.25) is 0 Å². The third-order valence-corrected chi connectivity index (χ3v) is 7.32. The molecule has 3 aromatic rings.